The molecule has 1 amide bonds. The van der Waals surface area contributed by atoms with Gasteiger partial charge in [-0.3, -0.25) is 9.59 Å². The fourth-order valence-electron chi connectivity index (χ4n) is 3.26. The molecule has 7 nitrogen and oxygen atoms in total. The Morgan fingerprint density at radius 1 is 1.28 bits per heavy atom. The van der Waals surface area contributed by atoms with E-state index in [-0.39, 0.29) is 35.6 Å². The molecule has 3 rings (SSSR count). The van der Waals surface area contributed by atoms with Gasteiger partial charge in [-0.2, -0.15) is 11.8 Å². The van der Waals surface area contributed by atoms with Crippen molar-refractivity contribution in [3.05, 3.63) is 59.2 Å². The van der Waals surface area contributed by atoms with E-state index in [9.17, 15) is 24.9 Å². The Morgan fingerprint density at radius 3 is 2.83 bits per heavy atom. The van der Waals surface area contributed by atoms with Crippen LogP contribution in [0.3, 0.4) is 0 Å². The lowest BCUT2D eigenvalue weighted by atomic mass is 10.0. The number of hydrogen-bond donors (Lipinski definition) is 3. The Morgan fingerprint density at radius 2 is 2.07 bits per heavy atom. The van der Waals surface area contributed by atoms with Gasteiger partial charge in [-0.25, -0.2) is 0 Å². The van der Waals surface area contributed by atoms with Gasteiger partial charge in [0.05, 0.1) is 18.2 Å². The molecule has 1 heterocycles. The predicted molar refractivity (Wildman–Crippen MR) is 110 cm³/mol. The summed E-state index contributed by atoms with van der Waals surface area (Å²) in [4.78, 5) is 26.1. The van der Waals surface area contributed by atoms with Crippen molar-refractivity contribution >= 4 is 24.0 Å². The number of phenols is 1. The van der Waals surface area contributed by atoms with Gasteiger partial charge < -0.3 is 25.0 Å². The van der Waals surface area contributed by atoms with E-state index in [0.29, 0.717) is 29.7 Å². The van der Waals surface area contributed by atoms with Crippen LogP contribution in [0.4, 0.5) is 0 Å². The fraction of sp³-hybridized carbons (Fsp3) is 0.333. The van der Waals surface area contributed by atoms with Crippen LogP contribution in [0.2, 0.25) is 0 Å². The summed E-state index contributed by atoms with van der Waals surface area (Å²) in [6.45, 7) is 0.202. The number of hydrogen-bond acceptors (Lipinski definition) is 7. The summed E-state index contributed by atoms with van der Waals surface area (Å²) in [7, 11) is 0. The summed E-state index contributed by atoms with van der Waals surface area (Å²) in [5.74, 6) is 1.30. The first-order valence-corrected chi connectivity index (χ1v) is 10.4. The molecule has 1 aliphatic heterocycles. The maximum absolute atomic E-state index is 13.2. The number of amides is 1. The number of benzene rings is 2. The standard InChI is InChI=1S/C21H23NO6S/c23-10-17-18(25)6-3-7-20(17)28-12-14-13-29-9-8-22(14)21(27)16-5-2-1-4-15(16)19(26)11-24/h1-7,10,14,19,24-26H,8-9,11-13H2/t14-,19+/m0/s1. The third-order valence-electron chi connectivity index (χ3n) is 4.80. The molecule has 2 atom stereocenters. The van der Waals surface area contributed by atoms with Crippen molar-refractivity contribution in [3.8, 4) is 11.5 Å². The molecule has 2 aromatic carbocycles. The maximum Gasteiger partial charge on any atom is 0.254 e. The van der Waals surface area contributed by atoms with E-state index in [0.717, 1.165) is 5.75 Å². The Hall–Kier alpha value is -2.55. The first-order valence-electron chi connectivity index (χ1n) is 9.23. The van der Waals surface area contributed by atoms with Crippen LogP contribution in [0.25, 0.3) is 0 Å². The van der Waals surface area contributed by atoms with Crippen molar-refractivity contribution < 1.29 is 29.6 Å². The van der Waals surface area contributed by atoms with Crippen molar-refractivity contribution in [1.82, 2.24) is 4.90 Å². The van der Waals surface area contributed by atoms with Gasteiger partial charge in [-0.15, -0.1) is 0 Å². The Balaban J connectivity index is 1.79. The average Bonchev–Trinajstić information content (AvgIpc) is 2.77. The highest BCUT2D eigenvalue weighted by Gasteiger charge is 2.30. The van der Waals surface area contributed by atoms with Gasteiger partial charge in [0, 0.05) is 23.6 Å². The minimum atomic E-state index is -1.13. The van der Waals surface area contributed by atoms with Crippen LogP contribution in [0.1, 0.15) is 32.4 Å². The van der Waals surface area contributed by atoms with Gasteiger partial charge in [-0.1, -0.05) is 24.3 Å². The van der Waals surface area contributed by atoms with E-state index in [2.05, 4.69) is 0 Å². The average molecular weight is 417 g/mol. The number of carbonyl (C=O) groups excluding carboxylic acids is 2. The number of carbonyl (C=O) groups is 2. The number of thioether (sulfide) groups is 1. The van der Waals surface area contributed by atoms with Crippen molar-refractivity contribution in [2.45, 2.75) is 12.1 Å². The fourth-order valence-corrected chi connectivity index (χ4v) is 4.30. The molecule has 2 aromatic rings. The second-order valence-electron chi connectivity index (χ2n) is 6.63. The van der Waals surface area contributed by atoms with Crippen LogP contribution in [0, 0.1) is 0 Å². The van der Waals surface area contributed by atoms with Crippen LogP contribution in [0.15, 0.2) is 42.5 Å². The molecule has 0 saturated carbocycles. The van der Waals surface area contributed by atoms with Crippen molar-refractivity contribution in [1.29, 1.82) is 0 Å². The zero-order valence-electron chi connectivity index (χ0n) is 15.7. The Bertz CT molecular complexity index is 874. The van der Waals surface area contributed by atoms with Crippen molar-refractivity contribution in [3.63, 3.8) is 0 Å². The lowest BCUT2D eigenvalue weighted by Crippen LogP contribution is -2.49. The number of nitrogens with zero attached hydrogens (tertiary/aromatic N) is 1. The van der Waals surface area contributed by atoms with E-state index in [4.69, 9.17) is 4.74 Å². The molecule has 0 aromatic heterocycles. The molecule has 0 bridgehead atoms. The molecular weight excluding hydrogens is 394 g/mol. The lowest BCUT2D eigenvalue weighted by molar-refractivity contribution is 0.0628. The Kier molecular flexibility index (Phi) is 7.13. The van der Waals surface area contributed by atoms with Gasteiger partial charge in [0.15, 0.2) is 6.29 Å². The van der Waals surface area contributed by atoms with E-state index < -0.39 is 12.7 Å². The highest BCUT2D eigenvalue weighted by molar-refractivity contribution is 7.99. The van der Waals surface area contributed by atoms with Gasteiger partial charge in [0.25, 0.3) is 5.91 Å². The molecule has 0 unspecified atom stereocenters. The SMILES string of the molecule is O=Cc1c(O)cccc1OC[C@H]1CSCCN1C(=O)c1ccccc1[C@H](O)CO. The molecule has 0 aliphatic carbocycles. The van der Waals surface area contributed by atoms with Gasteiger partial charge in [0.2, 0.25) is 0 Å². The van der Waals surface area contributed by atoms with E-state index in [1.165, 1.54) is 6.07 Å². The van der Waals surface area contributed by atoms with Gasteiger partial charge in [0.1, 0.15) is 24.2 Å². The van der Waals surface area contributed by atoms with Crippen LogP contribution in [-0.2, 0) is 0 Å². The number of aliphatic hydroxyl groups is 2. The minimum absolute atomic E-state index is 0.0743. The van der Waals surface area contributed by atoms with Gasteiger partial charge >= 0.3 is 0 Å². The third kappa shape index (κ3) is 4.72. The zero-order valence-corrected chi connectivity index (χ0v) is 16.5. The van der Waals surface area contributed by atoms with Crippen molar-refractivity contribution in [2.24, 2.45) is 0 Å². The first-order chi connectivity index (χ1) is 14.1. The molecule has 1 aliphatic rings. The summed E-state index contributed by atoms with van der Waals surface area (Å²) in [6, 6.07) is 11.0. The topological polar surface area (TPSA) is 107 Å². The highest BCUT2D eigenvalue weighted by atomic mass is 32.2. The summed E-state index contributed by atoms with van der Waals surface area (Å²) in [6.07, 6.45) is -0.595. The number of ether oxygens (including phenoxy) is 1. The molecule has 0 radical (unpaired) electrons. The normalized spacial score (nSPS) is 17.6. The summed E-state index contributed by atoms with van der Waals surface area (Å²) >= 11 is 1.70. The molecule has 154 valence electrons. The third-order valence-corrected chi connectivity index (χ3v) is 5.90. The second kappa shape index (κ2) is 9.78. The maximum atomic E-state index is 13.2. The predicted octanol–water partition coefficient (Wildman–Crippen LogP) is 1.87. The van der Waals surface area contributed by atoms with E-state index in [1.54, 1.807) is 53.1 Å². The molecule has 0 spiro atoms. The number of aldehydes is 1. The number of rotatable bonds is 7. The zero-order chi connectivity index (χ0) is 20.8. The molecule has 1 fully saturated rings. The van der Waals surface area contributed by atoms with Crippen LogP contribution < -0.4 is 4.74 Å². The van der Waals surface area contributed by atoms with E-state index >= 15 is 0 Å². The van der Waals surface area contributed by atoms with Crippen molar-refractivity contribution in [2.75, 3.05) is 31.3 Å². The molecule has 29 heavy (non-hydrogen) atoms. The number of phenolic OH excluding ortho intramolecular Hbond substituents is 1. The Labute approximate surface area is 172 Å². The molecule has 3 N–H and O–H groups in total. The summed E-state index contributed by atoms with van der Waals surface area (Å²) in [5, 5.41) is 29.1. The summed E-state index contributed by atoms with van der Waals surface area (Å²) in [5.41, 5.74) is 0.802. The smallest absolute Gasteiger partial charge is 0.254 e. The largest absolute Gasteiger partial charge is 0.507 e. The monoisotopic (exact) mass is 417 g/mol. The number of aliphatic hydroxyl groups excluding tert-OH is 2. The van der Waals surface area contributed by atoms with Crippen LogP contribution in [0.5, 0.6) is 11.5 Å². The van der Waals surface area contributed by atoms with Crippen LogP contribution in [-0.4, -0.2) is 69.7 Å². The number of aromatic hydroxyl groups is 1. The van der Waals surface area contributed by atoms with E-state index in [1.807, 2.05) is 0 Å². The molecular formula is C21H23NO6S. The molecule has 8 heteroatoms. The lowest BCUT2D eigenvalue weighted by Gasteiger charge is -2.36. The summed E-state index contributed by atoms with van der Waals surface area (Å²) < 4.78 is 5.78. The minimum Gasteiger partial charge on any atom is -0.507 e. The first kappa shape index (κ1) is 21.2. The highest BCUT2D eigenvalue weighted by Crippen LogP contribution is 2.28. The molecule has 1 saturated heterocycles. The van der Waals surface area contributed by atoms with Gasteiger partial charge in [-0.05, 0) is 23.8 Å². The van der Waals surface area contributed by atoms with Crippen LogP contribution >= 0.6 is 11.8 Å². The quantitative estimate of drug-likeness (QED) is 0.590. The second-order valence-corrected chi connectivity index (χ2v) is 7.78.